The van der Waals surface area contributed by atoms with Gasteiger partial charge in [0.25, 0.3) is 10.1 Å². The van der Waals surface area contributed by atoms with Gasteiger partial charge in [0.15, 0.2) is 24.1 Å². The van der Waals surface area contributed by atoms with Gasteiger partial charge in [-0.2, -0.15) is 8.42 Å². The molecule has 0 unspecified atom stereocenters. The van der Waals surface area contributed by atoms with Crippen LogP contribution < -0.4 is 10.2 Å². The predicted octanol–water partition coefficient (Wildman–Crippen LogP) is 2.74. The molecule has 11 heteroatoms. The number of halogens is 1. The fourth-order valence-electron chi connectivity index (χ4n) is 3.87. The largest absolute Gasteiger partial charge is 0.450 e. The highest BCUT2D eigenvalue weighted by Gasteiger charge is 2.30. The van der Waals surface area contributed by atoms with Crippen molar-refractivity contribution in [2.45, 2.75) is 4.90 Å². The average Bonchev–Trinajstić information content (AvgIpc) is 2.75. The summed E-state index contributed by atoms with van der Waals surface area (Å²) < 4.78 is 59.9. The summed E-state index contributed by atoms with van der Waals surface area (Å²) in [5.41, 5.74) is -0.955. The van der Waals surface area contributed by atoms with Gasteiger partial charge in [-0.05, 0) is 12.1 Å². The number of hydrogen-bond donors (Lipinski definition) is 2. The first-order valence-electron chi connectivity index (χ1n) is 9.09. The van der Waals surface area contributed by atoms with E-state index in [1.807, 2.05) is 0 Å². The average molecular weight is 457 g/mol. The Hall–Kier alpha value is -3.80. The number of carbonyl (C=O) groups is 1. The van der Waals surface area contributed by atoms with E-state index in [-0.39, 0.29) is 33.5 Å². The molecule has 4 aromatic rings. The fraction of sp³-hybridized carbons (Fsp3) is 0.0476. The lowest BCUT2D eigenvalue weighted by molar-refractivity contribution is 0.00666. The molecule has 1 aliphatic rings. The summed E-state index contributed by atoms with van der Waals surface area (Å²) in [6, 6.07) is 9.38. The Morgan fingerprint density at radius 3 is 2.53 bits per heavy atom. The lowest BCUT2D eigenvalue weighted by atomic mass is 10.0. The molecule has 0 saturated carbocycles. The van der Waals surface area contributed by atoms with Crippen LogP contribution in [0.15, 0.2) is 58.4 Å². The first kappa shape index (κ1) is 20.1. The van der Waals surface area contributed by atoms with E-state index in [4.69, 9.17) is 9.84 Å². The van der Waals surface area contributed by atoms with Gasteiger partial charge in [0.1, 0.15) is 16.0 Å². The third-order valence-corrected chi connectivity index (χ3v) is 6.05. The molecule has 2 heterocycles. The summed E-state index contributed by atoms with van der Waals surface area (Å²) in [4.78, 5) is 24.7. The zero-order valence-corrected chi connectivity index (χ0v) is 16.7. The van der Waals surface area contributed by atoms with Gasteiger partial charge < -0.3 is 19.1 Å². The number of benzene rings is 3. The molecule has 0 amide bonds. The zero-order chi connectivity index (χ0) is 22.8. The lowest BCUT2D eigenvalue weighted by Gasteiger charge is -2.26. The molecule has 162 valence electrons. The van der Waals surface area contributed by atoms with Crippen molar-refractivity contribution in [3.63, 3.8) is 0 Å². The number of aliphatic hydroxyl groups excluding tert-OH is 1. The Kier molecular flexibility index (Phi) is 4.31. The van der Waals surface area contributed by atoms with Crippen molar-refractivity contribution in [2.24, 2.45) is 0 Å². The third-order valence-electron chi connectivity index (χ3n) is 5.16. The zero-order valence-electron chi connectivity index (χ0n) is 15.9. The van der Waals surface area contributed by atoms with Crippen LogP contribution in [0, 0.1) is 5.82 Å². The van der Waals surface area contributed by atoms with Crippen LogP contribution in [0.25, 0.3) is 27.4 Å². The van der Waals surface area contributed by atoms with Crippen molar-refractivity contribution in [3.8, 4) is 17.2 Å². The number of aromatic nitrogens is 1. The van der Waals surface area contributed by atoms with Crippen LogP contribution in [0.3, 0.4) is 0 Å². The van der Waals surface area contributed by atoms with Gasteiger partial charge >= 0.3 is 5.97 Å². The molecule has 0 fully saturated rings. The van der Waals surface area contributed by atoms with Crippen molar-refractivity contribution in [2.75, 3.05) is 6.79 Å². The number of aliphatic hydroxyl groups is 1. The molecule has 0 atom stereocenters. The Balaban J connectivity index is 2.00. The normalized spacial score (nSPS) is 12.5. The van der Waals surface area contributed by atoms with Crippen molar-refractivity contribution < 1.29 is 36.7 Å². The molecule has 1 aromatic heterocycles. The van der Waals surface area contributed by atoms with Gasteiger partial charge in [0, 0.05) is 23.0 Å². The van der Waals surface area contributed by atoms with Crippen LogP contribution in [0.5, 0.6) is 11.5 Å². The number of pyridine rings is 1. The maximum absolute atomic E-state index is 14.7. The van der Waals surface area contributed by atoms with Gasteiger partial charge in [0.2, 0.25) is 5.43 Å². The van der Waals surface area contributed by atoms with Crippen LogP contribution in [0.2, 0.25) is 0 Å². The molecule has 0 aliphatic carbocycles. The minimum Gasteiger partial charge on any atom is -0.450 e. The predicted molar refractivity (Wildman–Crippen MR) is 109 cm³/mol. The smallest absolute Gasteiger partial charge is 0.345 e. The number of esters is 1. The fourth-order valence-corrected chi connectivity index (χ4v) is 4.59. The number of ether oxygens (including phenoxy) is 2. The molecule has 3 aromatic carbocycles. The maximum atomic E-state index is 14.7. The molecule has 0 bridgehead atoms. The van der Waals surface area contributed by atoms with E-state index < -0.39 is 44.6 Å². The van der Waals surface area contributed by atoms with E-state index in [0.29, 0.717) is 5.39 Å². The van der Waals surface area contributed by atoms with Crippen molar-refractivity contribution in [3.05, 3.63) is 70.3 Å². The Morgan fingerprint density at radius 2 is 1.84 bits per heavy atom. The summed E-state index contributed by atoms with van der Waals surface area (Å²) in [7, 11) is -4.67. The molecular weight excluding hydrogens is 445 g/mol. The number of hydrogen-bond acceptors (Lipinski definition) is 7. The molecule has 1 aliphatic heterocycles. The van der Waals surface area contributed by atoms with Gasteiger partial charge in [0.05, 0.1) is 11.1 Å². The van der Waals surface area contributed by atoms with Gasteiger partial charge in [-0.3, -0.25) is 9.35 Å². The summed E-state index contributed by atoms with van der Waals surface area (Å²) in [5.74, 6) is -2.41. The number of rotatable bonds is 3. The molecule has 9 nitrogen and oxygen atoms in total. The maximum Gasteiger partial charge on any atom is 0.345 e. The van der Waals surface area contributed by atoms with Crippen molar-refractivity contribution in [1.82, 2.24) is 4.57 Å². The highest BCUT2D eigenvalue weighted by molar-refractivity contribution is 7.86. The Labute approximate surface area is 178 Å². The Bertz CT molecular complexity index is 1640. The molecule has 0 spiro atoms. The van der Waals surface area contributed by atoms with Gasteiger partial charge in [-0.15, -0.1) is 0 Å². The summed E-state index contributed by atoms with van der Waals surface area (Å²) >= 11 is 0. The monoisotopic (exact) mass is 457 g/mol. The molecule has 0 radical (unpaired) electrons. The van der Waals surface area contributed by atoms with E-state index in [0.717, 1.165) is 18.3 Å². The minimum absolute atomic E-state index is 0.0211. The highest BCUT2D eigenvalue weighted by atomic mass is 32.2. The van der Waals surface area contributed by atoms with Crippen molar-refractivity contribution >= 4 is 37.8 Å². The van der Waals surface area contributed by atoms with E-state index in [2.05, 4.69) is 4.74 Å². The second kappa shape index (κ2) is 6.85. The summed E-state index contributed by atoms with van der Waals surface area (Å²) in [6.45, 7) is -0.953. The molecule has 2 N–H and O–H groups in total. The first-order valence-corrected chi connectivity index (χ1v) is 10.5. The van der Waals surface area contributed by atoms with E-state index >= 15 is 0 Å². The van der Waals surface area contributed by atoms with Crippen LogP contribution >= 0.6 is 0 Å². The van der Waals surface area contributed by atoms with E-state index in [1.54, 1.807) is 18.2 Å². The number of fused-ring (bicyclic) bond motifs is 4. The summed E-state index contributed by atoms with van der Waals surface area (Å²) in [5, 5.41) is 9.30. The topological polar surface area (TPSA) is 132 Å². The SMILES string of the molecule is O=C(OCO)c1cn2c3c(c(F)ccc3c1=O)Oc1cc(S(=O)(=O)O)c3ccccc3c1-2. The highest BCUT2D eigenvalue weighted by Crippen LogP contribution is 2.45. The quantitative estimate of drug-likeness (QED) is 0.240. The van der Waals surface area contributed by atoms with E-state index in [9.17, 15) is 27.0 Å². The second-order valence-electron chi connectivity index (χ2n) is 6.92. The minimum atomic E-state index is -4.67. The van der Waals surface area contributed by atoms with E-state index in [1.165, 1.54) is 16.7 Å². The number of carbonyl (C=O) groups excluding carboxylic acids is 1. The van der Waals surface area contributed by atoms with Crippen molar-refractivity contribution in [1.29, 1.82) is 0 Å². The van der Waals surface area contributed by atoms with Crippen LogP contribution in [-0.4, -0.2) is 35.4 Å². The molecule has 32 heavy (non-hydrogen) atoms. The lowest BCUT2D eigenvalue weighted by Crippen LogP contribution is -2.22. The molecule has 5 rings (SSSR count). The van der Waals surface area contributed by atoms with Gasteiger partial charge in [-0.25, -0.2) is 9.18 Å². The summed E-state index contributed by atoms with van der Waals surface area (Å²) in [6.07, 6.45) is 1.12. The standard InChI is InChI=1S/C21H12FNO8S/c22-14-6-5-12-18-20(14)31-15-7-16(32(27,28)29)10-3-1-2-4-11(10)17(15)23(18)8-13(19(12)25)21(26)30-9-24/h1-8,24H,9H2,(H,27,28,29). The molecule has 0 saturated heterocycles. The Morgan fingerprint density at radius 1 is 1.12 bits per heavy atom. The van der Waals surface area contributed by atoms with Crippen LogP contribution in [0.4, 0.5) is 4.39 Å². The van der Waals surface area contributed by atoms with Gasteiger partial charge in [-0.1, -0.05) is 24.3 Å². The third kappa shape index (κ3) is 2.79. The number of nitrogens with zero attached hydrogens (tertiary/aromatic N) is 1. The van der Waals surface area contributed by atoms with Crippen LogP contribution in [0.1, 0.15) is 10.4 Å². The molecular formula is C21H12FNO8S. The van der Waals surface area contributed by atoms with Crippen LogP contribution in [-0.2, 0) is 14.9 Å². The second-order valence-corrected chi connectivity index (χ2v) is 8.31. The first-order chi connectivity index (χ1) is 15.2.